The molecule has 0 amide bonds. The zero-order valence-electron chi connectivity index (χ0n) is 10.3. The van der Waals surface area contributed by atoms with E-state index in [1.165, 1.54) is 0 Å². The first-order valence-electron chi connectivity index (χ1n) is 4.07. The maximum atomic E-state index is 2.86. The maximum Gasteiger partial charge on any atom is 4.00 e. The first-order valence-corrected chi connectivity index (χ1v) is 4.07. The van der Waals surface area contributed by atoms with Crippen LogP contribution in [0.3, 0.4) is 0 Å². The van der Waals surface area contributed by atoms with Crippen molar-refractivity contribution >= 4 is 0 Å². The summed E-state index contributed by atoms with van der Waals surface area (Å²) in [6.07, 6.45) is 17.3. The third-order valence-electron chi connectivity index (χ3n) is 0.911. The predicted molar refractivity (Wildman–Crippen MR) is 57.7 cm³/mol. The van der Waals surface area contributed by atoms with Crippen molar-refractivity contribution in [3.63, 3.8) is 0 Å². The fourth-order valence-electron chi connectivity index (χ4n) is 0.385. The Morgan fingerprint density at radius 3 is 1.21 bits per heavy atom. The Morgan fingerprint density at radius 1 is 0.857 bits per heavy atom. The molecule has 0 atom stereocenters. The van der Waals surface area contributed by atoms with Gasteiger partial charge in [0.2, 0.25) is 0 Å². The summed E-state index contributed by atoms with van der Waals surface area (Å²) in [6.45, 7) is 7.71. The van der Waals surface area contributed by atoms with Crippen LogP contribution in [0.4, 0.5) is 0 Å². The molecule has 0 aromatic rings. The molecule has 0 aromatic heterocycles. The number of hydrogen-bond donors (Lipinski definition) is 0. The van der Waals surface area contributed by atoms with Crippen LogP contribution < -0.4 is 12.4 Å². The van der Waals surface area contributed by atoms with Crippen molar-refractivity contribution in [1.29, 1.82) is 0 Å². The zero-order chi connectivity index (χ0) is 9.66. The molecule has 14 heavy (non-hydrogen) atoms. The van der Waals surface area contributed by atoms with Gasteiger partial charge in [0.05, 0.1) is 0 Å². The quantitative estimate of drug-likeness (QED) is 0.387. The standard InChI is InChI=1S/2C6H9.ClH.Ti.H/c2*1-3-5-6-4-2;;;/h2*3,5-6H,1-2H3;1H;;/q2*-1;;+4;-1/p-1. The van der Waals surface area contributed by atoms with E-state index >= 15 is 0 Å². The molecule has 0 saturated carbocycles. The van der Waals surface area contributed by atoms with E-state index in [9.17, 15) is 0 Å². The van der Waals surface area contributed by atoms with Crippen LogP contribution in [0.25, 0.3) is 0 Å². The van der Waals surface area contributed by atoms with E-state index in [4.69, 9.17) is 0 Å². The van der Waals surface area contributed by atoms with Gasteiger partial charge >= 0.3 is 21.7 Å². The van der Waals surface area contributed by atoms with Crippen molar-refractivity contribution in [1.82, 2.24) is 0 Å². The van der Waals surface area contributed by atoms with E-state index in [-0.39, 0.29) is 35.6 Å². The average molecular weight is 247 g/mol. The average Bonchev–Trinajstić information content (AvgIpc) is 2.12. The summed E-state index contributed by atoms with van der Waals surface area (Å²) in [4.78, 5) is 0. The van der Waals surface area contributed by atoms with E-state index in [2.05, 4.69) is 12.2 Å². The van der Waals surface area contributed by atoms with Crippen LogP contribution in [-0.2, 0) is 21.7 Å². The van der Waals surface area contributed by atoms with Gasteiger partial charge in [-0.2, -0.15) is 12.2 Å². The second-order valence-corrected chi connectivity index (χ2v) is 1.96. The Balaban J connectivity index is -0.0000000370. The Bertz CT molecular complexity index is 132. The molecule has 0 radical (unpaired) electrons. The molecular formula is C12H19ClTi. The van der Waals surface area contributed by atoms with Gasteiger partial charge in [-0.3, -0.25) is 12.2 Å². The van der Waals surface area contributed by atoms with Crippen LogP contribution in [0, 0.1) is 12.2 Å². The molecule has 0 aliphatic heterocycles. The van der Waals surface area contributed by atoms with Gasteiger partial charge in [0.25, 0.3) is 0 Å². The van der Waals surface area contributed by atoms with Crippen LogP contribution in [-0.4, -0.2) is 0 Å². The van der Waals surface area contributed by atoms with Gasteiger partial charge in [-0.1, -0.05) is 13.8 Å². The van der Waals surface area contributed by atoms with Crippen LogP contribution in [0.2, 0.25) is 0 Å². The molecule has 0 bridgehead atoms. The van der Waals surface area contributed by atoms with Gasteiger partial charge in [0.1, 0.15) is 0 Å². The zero-order valence-corrected chi connectivity index (χ0v) is 11.7. The molecule has 0 aliphatic carbocycles. The third kappa shape index (κ3) is 40.4. The molecule has 0 saturated heterocycles. The normalized spacial score (nSPS) is 10.0. The van der Waals surface area contributed by atoms with E-state index in [0.29, 0.717) is 0 Å². The molecule has 0 nitrogen and oxygen atoms in total. The first kappa shape index (κ1) is 23.6. The topological polar surface area (TPSA) is 0 Å². The Kier molecular flexibility index (Phi) is 49.4. The molecule has 0 N–H and O–H groups in total. The fourth-order valence-corrected chi connectivity index (χ4v) is 0.385. The summed E-state index contributed by atoms with van der Waals surface area (Å²) in [6, 6.07) is 0. The largest absolute Gasteiger partial charge is 4.00 e. The van der Waals surface area contributed by atoms with E-state index in [0.717, 1.165) is 0 Å². The number of allylic oxidation sites excluding steroid dienone is 8. The minimum absolute atomic E-state index is 0. The number of halogens is 1. The predicted octanol–water partition coefficient (Wildman–Crippen LogP) is 0.998. The van der Waals surface area contributed by atoms with Crippen molar-refractivity contribution in [3.8, 4) is 0 Å². The summed E-state index contributed by atoms with van der Waals surface area (Å²) in [7, 11) is 0. The Hall–Kier alpha value is -0.0357. The molecular weight excluding hydrogens is 227 g/mol. The molecule has 0 unspecified atom stereocenters. The van der Waals surface area contributed by atoms with E-state index in [1.807, 2.05) is 64.2 Å². The summed E-state index contributed by atoms with van der Waals surface area (Å²) >= 11 is 0. The van der Waals surface area contributed by atoms with Crippen molar-refractivity contribution < 1.29 is 35.6 Å². The van der Waals surface area contributed by atoms with Crippen LogP contribution in [0.1, 0.15) is 29.1 Å². The first-order chi connectivity index (χ1) is 5.83. The molecule has 0 rings (SSSR count). The molecule has 0 aromatic carbocycles. The van der Waals surface area contributed by atoms with E-state index in [1.54, 1.807) is 0 Å². The van der Waals surface area contributed by atoms with Gasteiger partial charge < -0.3 is 13.8 Å². The van der Waals surface area contributed by atoms with Crippen molar-refractivity contribution in [3.05, 3.63) is 48.6 Å². The van der Waals surface area contributed by atoms with Crippen molar-refractivity contribution in [2.75, 3.05) is 0 Å². The number of hydrogen-bond acceptors (Lipinski definition) is 0. The molecule has 0 spiro atoms. The van der Waals surface area contributed by atoms with E-state index < -0.39 is 0 Å². The van der Waals surface area contributed by atoms with Gasteiger partial charge in [0.15, 0.2) is 0 Å². The molecule has 0 heterocycles. The summed E-state index contributed by atoms with van der Waals surface area (Å²) in [5.74, 6) is 0. The monoisotopic (exact) mass is 246 g/mol. The fraction of sp³-hybridized carbons (Fsp3) is 0.333. The minimum Gasteiger partial charge on any atom is -1.00 e. The smallest absolute Gasteiger partial charge is 1.00 e. The SMILES string of the molecule is C[C-]=CC=CC.C[C-]=CC=CC.[Cl-].[H-].[Ti+4]. The maximum absolute atomic E-state index is 2.86. The van der Waals surface area contributed by atoms with Gasteiger partial charge in [-0.15, -0.1) is 13.8 Å². The summed E-state index contributed by atoms with van der Waals surface area (Å²) < 4.78 is 0. The third-order valence-corrected chi connectivity index (χ3v) is 0.911. The van der Waals surface area contributed by atoms with Crippen molar-refractivity contribution in [2.45, 2.75) is 27.7 Å². The van der Waals surface area contributed by atoms with Crippen LogP contribution in [0.15, 0.2) is 36.5 Å². The minimum atomic E-state index is 0. The molecule has 0 aliphatic rings. The summed E-state index contributed by atoms with van der Waals surface area (Å²) in [5, 5.41) is 0. The Morgan fingerprint density at radius 2 is 1.14 bits per heavy atom. The summed E-state index contributed by atoms with van der Waals surface area (Å²) in [5.41, 5.74) is 0. The molecule has 0 fully saturated rings. The second kappa shape index (κ2) is 29.3. The molecule has 78 valence electrons. The second-order valence-electron chi connectivity index (χ2n) is 1.96. The number of rotatable bonds is 2. The Labute approximate surface area is 112 Å². The van der Waals surface area contributed by atoms with Crippen LogP contribution >= 0.6 is 0 Å². The van der Waals surface area contributed by atoms with Crippen molar-refractivity contribution in [2.24, 2.45) is 0 Å². The van der Waals surface area contributed by atoms with Crippen LogP contribution in [0.5, 0.6) is 0 Å². The van der Waals surface area contributed by atoms with Gasteiger partial charge in [-0.05, 0) is 0 Å². The molecule has 2 heteroatoms. The van der Waals surface area contributed by atoms with Gasteiger partial charge in [0, 0.05) is 0 Å². The van der Waals surface area contributed by atoms with Gasteiger partial charge in [-0.25, -0.2) is 24.3 Å².